The van der Waals surface area contributed by atoms with Crippen molar-refractivity contribution in [3.8, 4) is 5.75 Å². The second-order valence-electron chi connectivity index (χ2n) is 4.42. The van der Waals surface area contributed by atoms with Crippen LogP contribution in [0.5, 0.6) is 5.75 Å². The van der Waals surface area contributed by atoms with Gasteiger partial charge in [-0.1, -0.05) is 39.7 Å². The molecule has 3 N–H and O–H groups in total. The lowest BCUT2D eigenvalue weighted by atomic mass is 10.1. The summed E-state index contributed by atoms with van der Waals surface area (Å²) in [5.41, 5.74) is 8.00. The normalized spacial score (nSPS) is 10.3. The Bertz CT molecular complexity index is 658. The number of amidine groups is 1. The van der Waals surface area contributed by atoms with Crippen LogP contribution in [0.4, 0.5) is 0 Å². The number of rotatable bonds is 4. The first-order valence-corrected chi connectivity index (χ1v) is 7.16. The van der Waals surface area contributed by atoms with Gasteiger partial charge in [0.25, 0.3) is 0 Å². The van der Waals surface area contributed by atoms with E-state index in [9.17, 15) is 0 Å². The zero-order valence-corrected chi connectivity index (χ0v) is 13.3. The minimum absolute atomic E-state index is 0.00269. The summed E-state index contributed by atoms with van der Waals surface area (Å²) in [4.78, 5) is 0. The van der Waals surface area contributed by atoms with E-state index in [1.807, 2.05) is 31.2 Å². The Labute approximate surface area is 131 Å². The van der Waals surface area contributed by atoms with Crippen LogP contribution in [0.3, 0.4) is 0 Å². The van der Waals surface area contributed by atoms with Gasteiger partial charge in [0.2, 0.25) is 0 Å². The smallest absolute Gasteiger partial charge is 0.122 e. The number of halogens is 2. The molecule has 20 heavy (non-hydrogen) atoms. The third kappa shape index (κ3) is 3.52. The predicted molar refractivity (Wildman–Crippen MR) is 85.7 cm³/mol. The van der Waals surface area contributed by atoms with Crippen molar-refractivity contribution >= 4 is 33.4 Å². The molecule has 0 radical (unpaired) electrons. The van der Waals surface area contributed by atoms with Crippen LogP contribution in [0.1, 0.15) is 16.7 Å². The summed E-state index contributed by atoms with van der Waals surface area (Å²) < 4.78 is 6.77. The van der Waals surface area contributed by atoms with Crippen molar-refractivity contribution in [2.45, 2.75) is 13.5 Å². The average Bonchev–Trinajstić information content (AvgIpc) is 2.41. The van der Waals surface area contributed by atoms with Gasteiger partial charge in [0.1, 0.15) is 18.2 Å². The van der Waals surface area contributed by atoms with Gasteiger partial charge in [-0.05, 0) is 36.8 Å². The lowest BCUT2D eigenvalue weighted by Crippen LogP contribution is -2.11. The highest BCUT2D eigenvalue weighted by molar-refractivity contribution is 9.10. The number of ether oxygens (including phenoxy) is 1. The number of nitrogens with two attached hydrogens (primary N) is 1. The van der Waals surface area contributed by atoms with Gasteiger partial charge in [0.05, 0.1) is 0 Å². The molecular formula is C15H14BrClN2O. The fourth-order valence-electron chi connectivity index (χ4n) is 1.70. The maximum atomic E-state index is 7.37. The van der Waals surface area contributed by atoms with Crippen LogP contribution in [0.15, 0.2) is 40.9 Å². The number of hydrogen-bond acceptors (Lipinski definition) is 2. The molecule has 0 spiro atoms. The van der Waals surface area contributed by atoms with E-state index in [-0.39, 0.29) is 5.84 Å². The number of nitrogens with one attached hydrogen (secondary N) is 1. The molecule has 0 heterocycles. The Hall–Kier alpha value is -1.52. The molecule has 0 fully saturated rings. The lowest BCUT2D eigenvalue weighted by molar-refractivity contribution is 0.306. The Morgan fingerprint density at radius 2 is 2.05 bits per heavy atom. The monoisotopic (exact) mass is 352 g/mol. The number of hydrogen-bond donors (Lipinski definition) is 2. The zero-order chi connectivity index (χ0) is 14.7. The van der Waals surface area contributed by atoms with Gasteiger partial charge < -0.3 is 10.5 Å². The van der Waals surface area contributed by atoms with Gasteiger partial charge in [-0.15, -0.1) is 0 Å². The molecule has 0 saturated heterocycles. The van der Waals surface area contributed by atoms with Gasteiger partial charge in [0, 0.05) is 20.6 Å². The maximum Gasteiger partial charge on any atom is 0.122 e. The zero-order valence-electron chi connectivity index (χ0n) is 10.9. The van der Waals surface area contributed by atoms with Crippen LogP contribution in [0, 0.1) is 12.3 Å². The number of aryl methyl sites for hydroxylation is 1. The first kappa shape index (κ1) is 14.9. The topological polar surface area (TPSA) is 59.1 Å². The van der Waals surface area contributed by atoms with Crippen molar-refractivity contribution in [2.24, 2.45) is 5.73 Å². The highest BCUT2D eigenvalue weighted by Crippen LogP contribution is 2.24. The van der Waals surface area contributed by atoms with Crippen molar-refractivity contribution in [1.29, 1.82) is 5.41 Å². The van der Waals surface area contributed by atoms with Gasteiger partial charge in [-0.25, -0.2) is 0 Å². The highest BCUT2D eigenvalue weighted by atomic mass is 79.9. The predicted octanol–water partition coefficient (Wildman–Crippen LogP) is 4.27. The highest BCUT2D eigenvalue weighted by Gasteiger charge is 2.05. The third-order valence-corrected chi connectivity index (χ3v) is 4.13. The molecule has 0 aromatic heterocycles. The largest absolute Gasteiger partial charge is 0.489 e. The molecule has 5 heteroatoms. The van der Waals surface area contributed by atoms with Crippen molar-refractivity contribution in [2.75, 3.05) is 0 Å². The summed E-state index contributed by atoms with van der Waals surface area (Å²) in [6, 6.07) is 11.1. The summed E-state index contributed by atoms with van der Waals surface area (Å²) in [6.07, 6.45) is 0. The minimum atomic E-state index is 0.00269. The van der Waals surface area contributed by atoms with Crippen LogP contribution in [-0.2, 0) is 6.61 Å². The Balaban J connectivity index is 2.10. The second kappa shape index (κ2) is 6.29. The molecule has 2 aromatic carbocycles. The Morgan fingerprint density at radius 1 is 1.30 bits per heavy atom. The molecule has 3 nitrogen and oxygen atoms in total. The summed E-state index contributed by atoms with van der Waals surface area (Å²) in [5.74, 6) is 0.792. The second-order valence-corrected chi connectivity index (χ2v) is 5.68. The first-order valence-electron chi connectivity index (χ1n) is 5.99. The molecule has 0 saturated carbocycles. The molecule has 0 aliphatic carbocycles. The lowest BCUT2D eigenvalue weighted by Gasteiger charge is -2.10. The summed E-state index contributed by atoms with van der Waals surface area (Å²) >= 11 is 9.61. The quantitative estimate of drug-likeness (QED) is 0.637. The summed E-state index contributed by atoms with van der Waals surface area (Å²) in [6.45, 7) is 2.38. The van der Waals surface area contributed by atoms with E-state index < -0.39 is 0 Å². The van der Waals surface area contributed by atoms with Gasteiger partial charge in [-0.2, -0.15) is 0 Å². The van der Waals surface area contributed by atoms with Gasteiger partial charge >= 0.3 is 0 Å². The van der Waals surface area contributed by atoms with Crippen LogP contribution in [0.25, 0.3) is 0 Å². The van der Waals surface area contributed by atoms with E-state index in [0.29, 0.717) is 17.2 Å². The minimum Gasteiger partial charge on any atom is -0.489 e. The van der Waals surface area contributed by atoms with E-state index >= 15 is 0 Å². The number of benzene rings is 2. The molecule has 0 unspecified atom stereocenters. The molecule has 0 atom stereocenters. The molecule has 0 aliphatic rings. The van der Waals surface area contributed by atoms with E-state index in [4.69, 9.17) is 27.5 Å². The van der Waals surface area contributed by atoms with E-state index in [1.165, 1.54) is 0 Å². The SMILES string of the molecule is Cc1cc(OCc2ccc(C(=N)N)cc2Cl)ccc1Br. The maximum absolute atomic E-state index is 7.37. The van der Waals surface area contributed by atoms with Crippen molar-refractivity contribution < 1.29 is 4.74 Å². The average molecular weight is 354 g/mol. The van der Waals surface area contributed by atoms with Crippen LogP contribution >= 0.6 is 27.5 Å². The third-order valence-electron chi connectivity index (χ3n) is 2.89. The summed E-state index contributed by atoms with van der Waals surface area (Å²) in [7, 11) is 0. The molecule has 2 rings (SSSR count). The van der Waals surface area contributed by atoms with Crippen molar-refractivity contribution in [3.63, 3.8) is 0 Å². The van der Waals surface area contributed by atoms with Crippen LogP contribution in [0.2, 0.25) is 5.02 Å². The standard InChI is InChI=1S/C15H14BrClN2O/c1-9-6-12(4-5-13(9)16)20-8-11-3-2-10(15(18)19)7-14(11)17/h2-7H,8H2,1H3,(H3,18,19). The van der Waals surface area contributed by atoms with E-state index in [2.05, 4.69) is 15.9 Å². The molecule has 0 aliphatic heterocycles. The van der Waals surface area contributed by atoms with Crippen molar-refractivity contribution in [1.82, 2.24) is 0 Å². The molecule has 2 aromatic rings. The van der Waals surface area contributed by atoms with Crippen LogP contribution in [-0.4, -0.2) is 5.84 Å². The molecule has 0 amide bonds. The van der Waals surface area contributed by atoms with Gasteiger partial charge in [0.15, 0.2) is 0 Å². The van der Waals surface area contributed by atoms with Crippen LogP contribution < -0.4 is 10.5 Å². The van der Waals surface area contributed by atoms with Crippen molar-refractivity contribution in [3.05, 3.63) is 62.6 Å². The molecular weight excluding hydrogens is 340 g/mol. The fraction of sp³-hybridized carbons (Fsp3) is 0.133. The molecule has 104 valence electrons. The fourth-order valence-corrected chi connectivity index (χ4v) is 2.18. The number of nitrogen functional groups attached to an aromatic ring is 1. The first-order chi connectivity index (χ1) is 9.47. The van der Waals surface area contributed by atoms with Gasteiger partial charge in [-0.3, -0.25) is 5.41 Å². The Morgan fingerprint density at radius 3 is 2.65 bits per heavy atom. The van der Waals surface area contributed by atoms with E-state index in [1.54, 1.807) is 12.1 Å². The summed E-state index contributed by atoms with van der Waals surface area (Å²) in [5, 5.41) is 7.91. The molecule has 0 bridgehead atoms. The Kier molecular flexibility index (Phi) is 4.68. The van der Waals surface area contributed by atoms with E-state index in [0.717, 1.165) is 21.3 Å².